The number of benzene rings is 1. The number of fused-ring (bicyclic) bond motifs is 3. The summed E-state index contributed by atoms with van der Waals surface area (Å²) in [4.78, 5) is 18.5. The molecule has 3 aromatic rings. The molecule has 0 atom stereocenters. The van der Waals surface area contributed by atoms with Gasteiger partial charge in [0.05, 0.1) is 0 Å². The summed E-state index contributed by atoms with van der Waals surface area (Å²) >= 11 is 0. The maximum atomic E-state index is 11.9. The molecule has 6 nitrogen and oxygen atoms in total. The number of phenols is 2. The van der Waals surface area contributed by atoms with E-state index in [1.165, 1.54) is 6.07 Å². The highest BCUT2D eigenvalue weighted by Gasteiger charge is 2.18. The van der Waals surface area contributed by atoms with Crippen LogP contribution in [-0.4, -0.2) is 20.2 Å². The topological polar surface area (TPSA) is 99.3 Å². The molecule has 0 amide bonds. The normalized spacial score (nSPS) is 11.4. The molecule has 0 fully saturated rings. The average Bonchev–Trinajstić information content (AvgIpc) is 2.64. The van der Waals surface area contributed by atoms with Crippen molar-refractivity contribution in [3.63, 3.8) is 0 Å². The zero-order valence-electron chi connectivity index (χ0n) is 9.74. The Kier molecular flexibility index (Phi) is 1.92. The molecule has 2 aromatic heterocycles. The van der Waals surface area contributed by atoms with Crippen LogP contribution >= 0.6 is 0 Å². The van der Waals surface area contributed by atoms with Gasteiger partial charge in [0, 0.05) is 10.9 Å². The predicted octanol–water partition coefficient (Wildman–Crippen LogP) is 1.70. The van der Waals surface area contributed by atoms with Crippen LogP contribution < -0.4 is 5.56 Å². The van der Waals surface area contributed by atoms with E-state index in [4.69, 9.17) is 4.42 Å². The minimum Gasteiger partial charge on any atom is -0.504 e. The second-order valence-corrected chi connectivity index (χ2v) is 4.18. The number of nitrogens with zero attached hydrogens (tertiary/aromatic N) is 1. The van der Waals surface area contributed by atoms with E-state index in [9.17, 15) is 15.0 Å². The lowest BCUT2D eigenvalue weighted by Gasteiger charge is -2.01. The summed E-state index contributed by atoms with van der Waals surface area (Å²) in [6.07, 6.45) is 0. The molecule has 0 bridgehead atoms. The molecule has 2 heterocycles. The van der Waals surface area contributed by atoms with E-state index in [1.807, 2.05) is 0 Å². The zero-order valence-corrected chi connectivity index (χ0v) is 9.74. The summed E-state index contributed by atoms with van der Waals surface area (Å²) in [6.45, 7) is 3.25. The first-order valence-electron chi connectivity index (χ1n) is 5.33. The maximum Gasteiger partial charge on any atom is 0.262 e. The van der Waals surface area contributed by atoms with Crippen molar-refractivity contribution in [3.8, 4) is 11.5 Å². The fraction of sp³-hybridized carbons (Fsp3) is 0.167. The molecule has 3 N–H and O–H groups in total. The van der Waals surface area contributed by atoms with Gasteiger partial charge >= 0.3 is 0 Å². The number of aromatic amines is 1. The number of aromatic nitrogens is 2. The van der Waals surface area contributed by atoms with Crippen molar-refractivity contribution < 1.29 is 14.6 Å². The van der Waals surface area contributed by atoms with Crippen LogP contribution in [0.15, 0.2) is 15.3 Å². The Bertz CT molecular complexity index is 845. The third kappa shape index (κ3) is 1.22. The first-order valence-corrected chi connectivity index (χ1v) is 5.33. The number of phenolic OH excluding ortho intramolecular Hbond substituents is 2. The zero-order chi connectivity index (χ0) is 13.0. The summed E-state index contributed by atoms with van der Waals surface area (Å²) < 4.78 is 5.48. The highest BCUT2D eigenvalue weighted by Crippen LogP contribution is 2.38. The average molecular weight is 246 g/mol. The highest BCUT2D eigenvalue weighted by atomic mass is 16.3. The fourth-order valence-corrected chi connectivity index (χ4v) is 2.06. The lowest BCUT2D eigenvalue weighted by Crippen LogP contribution is -2.08. The maximum absolute atomic E-state index is 11.9. The van der Waals surface area contributed by atoms with Crippen LogP contribution in [0.1, 0.15) is 11.4 Å². The second kappa shape index (κ2) is 3.25. The molecular weight excluding hydrogens is 236 g/mol. The van der Waals surface area contributed by atoms with Crippen LogP contribution in [0, 0.1) is 13.8 Å². The molecule has 0 unspecified atom stereocenters. The monoisotopic (exact) mass is 246 g/mol. The van der Waals surface area contributed by atoms with Crippen molar-refractivity contribution in [1.29, 1.82) is 0 Å². The van der Waals surface area contributed by atoms with Crippen molar-refractivity contribution in [2.75, 3.05) is 0 Å². The van der Waals surface area contributed by atoms with Crippen LogP contribution in [0.2, 0.25) is 0 Å². The van der Waals surface area contributed by atoms with E-state index in [0.717, 1.165) is 0 Å². The van der Waals surface area contributed by atoms with Crippen LogP contribution in [0.25, 0.3) is 22.1 Å². The molecule has 18 heavy (non-hydrogen) atoms. The Hall–Kier alpha value is -2.50. The van der Waals surface area contributed by atoms with Crippen molar-refractivity contribution >= 4 is 22.1 Å². The Morgan fingerprint density at radius 3 is 2.78 bits per heavy atom. The Morgan fingerprint density at radius 2 is 2.06 bits per heavy atom. The summed E-state index contributed by atoms with van der Waals surface area (Å²) in [5, 5.41) is 19.9. The van der Waals surface area contributed by atoms with E-state index >= 15 is 0 Å². The molecule has 0 saturated heterocycles. The minimum absolute atomic E-state index is 0.194. The molecule has 3 rings (SSSR count). The molecule has 1 aromatic carbocycles. The SMILES string of the molecule is Cc1nc2oc3c(C)c(O)c(O)cc3c2c(=O)[nH]1. The van der Waals surface area contributed by atoms with Gasteiger partial charge in [0.15, 0.2) is 11.5 Å². The summed E-state index contributed by atoms with van der Waals surface area (Å²) in [5.74, 6) is -0.102. The Balaban J connectivity index is 2.65. The molecule has 0 spiro atoms. The van der Waals surface area contributed by atoms with Gasteiger partial charge in [-0.15, -0.1) is 0 Å². The van der Waals surface area contributed by atoms with Crippen molar-refractivity contribution in [1.82, 2.24) is 9.97 Å². The van der Waals surface area contributed by atoms with Gasteiger partial charge in [0.2, 0.25) is 5.71 Å². The lowest BCUT2D eigenvalue weighted by molar-refractivity contribution is 0.401. The van der Waals surface area contributed by atoms with Crippen LogP contribution in [0.3, 0.4) is 0 Å². The van der Waals surface area contributed by atoms with Crippen LogP contribution in [0.5, 0.6) is 11.5 Å². The minimum atomic E-state index is -0.333. The summed E-state index contributed by atoms with van der Waals surface area (Å²) in [5.41, 5.74) is 0.587. The van der Waals surface area contributed by atoms with Crippen molar-refractivity contribution in [2.45, 2.75) is 13.8 Å². The highest BCUT2D eigenvalue weighted by molar-refractivity contribution is 6.05. The van der Waals surface area contributed by atoms with Gasteiger partial charge in [-0.1, -0.05) is 0 Å². The first kappa shape index (κ1) is 10.6. The Morgan fingerprint density at radius 1 is 1.33 bits per heavy atom. The predicted molar refractivity (Wildman–Crippen MR) is 64.9 cm³/mol. The smallest absolute Gasteiger partial charge is 0.262 e. The fourth-order valence-electron chi connectivity index (χ4n) is 2.06. The van der Waals surface area contributed by atoms with Gasteiger partial charge in [-0.3, -0.25) is 4.79 Å². The van der Waals surface area contributed by atoms with Crippen molar-refractivity contribution in [2.24, 2.45) is 0 Å². The van der Waals surface area contributed by atoms with Gasteiger partial charge in [-0.05, 0) is 19.9 Å². The van der Waals surface area contributed by atoms with Gasteiger partial charge < -0.3 is 19.6 Å². The quantitative estimate of drug-likeness (QED) is 0.524. The number of nitrogens with one attached hydrogen (secondary N) is 1. The van der Waals surface area contributed by atoms with Crippen molar-refractivity contribution in [3.05, 3.63) is 27.8 Å². The van der Waals surface area contributed by atoms with E-state index in [1.54, 1.807) is 13.8 Å². The van der Waals surface area contributed by atoms with E-state index in [-0.39, 0.29) is 28.2 Å². The number of aryl methyl sites for hydroxylation is 2. The largest absolute Gasteiger partial charge is 0.504 e. The number of H-pyrrole nitrogens is 1. The number of hydrogen-bond acceptors (Lipinski definition) is 5. The second-order valence-electron chi connectivity index (χ2n) is 4.18. The number of hydrogen-bond donors (Lipinski definition) is 3. The number of rotatable bonds is 0. The lowest BCUT2D eigenvalue weighted by atomic mass is 10.1. The van der Waals surface area contributed by atoms with Gasteiger partial charge in [0.25, 0.3) is 5.56 Å². The molecule has 0 aliphatic heterocycles. The molecule has 0 radical (unpaired) electrons. The molecule has 92 valence electrons. The Labute approximate surface area is 101 Å². The van der Waals surface area contributed by atoms with Crippen LogP contribution in [-0.2, 0) is 0 Å². The van der Waals surface area contributed by atoms with Crippen LogP contribution in [0.4, 0.5) is 0 Å². The third-order valence-corrected chi connectivity index (χ3v) is 2.94. The number of aromatic hydroxyl groups is 2. The molecule has 0 aliphatic rings. The van der Waals surface area contributed by atoms with Gasteiger partial charge in [-0.2, -0.15) is 4.98 Å². The standard InChI is InChI=1S/C12H10N2O4/c1-4-9(16)7(15)3-6-8-11(17)13-5(2)14-12(8)18-10(4)6/h3,15-16H,1-2H3,(H,13,14,17). The third-order valence-electron chi connectivity index (χ3n) is 2.94. The van der Waals surface area contributed by atoms with Gasteiger partial charge in [0.1, 0.15) is 16.8 Å². The van der Waals surface area contributed by atoms with E-state index < -0.39 is 0 Å². The molecule has 6 heteroatoms. The number of furan rings is 1. The van der Waals surface area contributed by atoms with E-state index in [0.29, 0.717) is 22.4 Å². The van der Waals surface area contributed by atoms with E-state index in [2.05, 4.69) is 9.97 Å². The van der Waals surface area contributed by atoms with Gasteiger partial charge in [-0.25, -0.2) is 0 Å². The summed E-state index contributed by atoms with van der Waals surface area (Å²) in [7, 11) is 0. The first-order chi connectivity index (χ1) is 8.49. The summed E-state index contributed by atoms with van der Waals surface area (Å²) in [6, 6.07) is 1.30. The molecular formula is C12H10N2O4. The molecule has 0 saturated carbocycles. The molecule has 0 aliphatic carbocycles.